The van der Waals surface area contributed by atoms with Crippen LogP contribution >= 0.6 is 0 Å². The molecule has 1 aromatic heterocycles. The SMILES string of the molecule is COc1ccc(CN(C)c2cc(C#N)cc(C)n2)cc1. The Morgan fingerprint density at radius 2 is 1.95 bits per heavy atom. The number of aromatic nitrogens is 1. The van der Waals surface area contributed by atoms with E-state index in [1.165, 1.54) is 0 Å². The van der Waals surface area contributed by atoms with E-state index in [2.05, 4.69) is 11.1 Å². The third-order valence-corrected chi connectivity index (χ3v) is 3.04. The molecule has 1 aromatic carbocycles. The molecule has 0 aliphatic heterocycles. The lowest BCUT2D eigenvalue weighted by Crippen LogP contribution is -2.18. The normalized spacial score (nSPS) is 9.90. The highest BCUT2D eigenvalue weighted by Crippen LogP contribution is 2.17. The number of nitrogens with zero attached hydrogens (tertiary/aromatic N) is 3. The maximum atomic E-state index is 9.01. The van der Waals surface area contributed by atoms with Crippen molar-refractivity contribution in [1.82, 2.24) is 4.98 Å². The van der Waals surface area contributed by atoms with E-state index in [-0.39, 0.29) is 0 Å². The highest BCUT2D eigenvalue weighted by Gasteiger charge is 2.06. The van der Waals surface area contributed by atoms with Gasteiger partial charge in [0, 0.05) is 19.3 Å². The second-order valence-corrected chi connectivity index (χ2v) is 4.67. The summed E-state index contributed by atoms with van der Waals surface area (Å²) in [5, 5.41) is 9.01. The summed E-state index contributed by atoms with van der Waals surface area (Å²) < 4.78 is 5.14. The summed E-state index contributed by atoms with van der Waals surface area (Å²) in [4.78, 5) is 6.49. The second kappa shape index (κ2) is 6.07. The Labute approximate surface area is 119 Å². The molecular formula is C16H17N3O. The molecule has 0 spiro atoms. The molecule has 0 N–H and O–H groups in total. The predicted molar refractivity (Wildman–Crippen MR) is 78.8 cm³/mol. The maximum absolute atomic E-state index is 9.01. The van der Waals surface area contributed by atoms with Gasteiger partial charge in [0.05, 0.1) is 18.7 Å². The lowest BCUT2D eigenvalue weighted by molar-refractivity contribution is 0.414. The van der Waals surface area contributed by atoms with Gasteiger partial charge < -0.3 is 9.64 Å². The molecule has 0 unspecified atom stereocenters. The van der Waals surface area contributed by atoms with Crippen LogP contribution < -0.4 is 9.64 Å². The molecule has 0 fully saturated rings. The number of hydrogen-bond donors (Lipinski definition) is 0. The Balaban J connectivity index is 2.16. The van der Waals surface area contributed by atoms with Crippen LogP contribution in [0.15, 0.2) is 36.4 Å². The molecule has 0 radical (unpaired) electrons. The molecule has 0 saturated carbocycles. The van der Waals surface area contributed by atoms with Crippen molar-refractivity contribution >= 4 is 5.82 Å². The molecule has 2 aromatic rings. The minimum atomic E-state index is 0.633. The fraction of sp³-hybridized carbons (Fsp3) is 0.250. The molecule has 2 rings (SSSR count). The lowest BCUT2D eigenvalue weighted by Gasteiger charge is -2.19. The smallest absolute Gasteiger partial charge is 0.130 e. The largest absolute Gasteiger partial charge is 0.497 e. The van der Waals surface area contributed by atoms with E-state index >= 15 is 0 Å². The van der Waals surface area contributed by atoms with Crippen LogP contribution in [-0.4, -0.2) is 19.1 Å². The van der Waals surface area contributed by atoms with Gasteiger partial charge in [-0.3, -0.25) is 0 Å². The quantitative estimate of drug-likeness (QED) is 0.854. The van der Waals surface area contributed by atoms with E-state index in [1.54, 1.807) is 19.2 Å². The number of rotatable bonds is 4. The van der Waals surface area contributed by atoms with E-state index in [0.717, 1.165) is 29.4 Å². The summed E-state index contributed by atoms with van der Waals surface area (Å²) in [5.41, 5.74) is 2.64. The van der Waals surface area contributed by atoms with Crippen LogP contribution in [0.25, 0.3) is 0 Å². The zero-order valence-corrected chi connectivity index (χ0v) is 11.9. The van der Waals surface area contributed by atoms with Gasteiger partial charge in [-0.25, -0.2) is 4.98 Å². The topological polar surface area (TPSA) is 49.1 Å². The Bertz CT molecular complexity index is 629. The number of nitriles is 1. The monoisotopic (exact) mass is 267 g/mol. The highest BCUT2D eigenvalue weighted by atomic mass is 16.5. The fourth-order valence-electron chi connectivity index (χ4n) is 2.00. The number of ether oxygens (including phenoxy) is 1. The number of benzene rings is 1. The van der Waals surface area contributed by atoms with E-state index < -0.39 is 0 Å². The van der Waals surface area contributed by atoms with Crippen molar-refractivity contribution in [3.05, 3.63) is 53.2 Å². The fourth-order valence-corrected chi connectivity index (χ4v) is 2.00. The van der Waals surface area contributed by atoms with Crippen molar-refractivity contribution in [2.45, 2.75) is 13.5 Å². The average Bonchev–Trinajstić information content (AvgIpc) is 2.47. The molecule has 0 atom stereocenters. The van der Waals surface area contributed by atoms with E-state index in [1.807, 2.05) is 43.1 Å². The van der Waals surface area contributed by atoms with Crippen LogP contribution in [-0.2, 0) is 6.54 Å². The summed E-state index contributed by atoms with van der Waals surface area (Å²) in [5.74, 6) is 1.65. The summed E-state index contributed by atoms with van der Waals surface area (Å²) in [6.45, 7) is 2.62. The van der Waals surface area contributed by atoms with Crippen LogP contribution in [0, 0.1) is 18.3 Å². The molecule has 4 heteroatoms. The number of pyridine rings is 1. The van der Waals surface area contributed by atoms with Gasteiger partial charge in [0.15, 0.2) is 0 Å². The summed E-state index contributed by atoms with van der Waals surface area (Å²) in [6, 6.07) is 13.7. The molecule has 0 amide bonds. The van der Waals surface area contributed by atoms with Crippen molar-refractivity contribution in [1.29, 1.82) is 5.26 Å². The van der Waals surface area contributed by atoms with Crippen molar-refractivity contribution < 1.29 is 4.74 Å². The minimum absolute atomic E-state index is 0.633. The predicted octanol–water partition coefficient (Wildman–Crippen LogP) is 2.91. The minimum Gasteiger partial charge on any atom is -0.497 e. The van der Waals surface area contributed by atoms with E-state index in [0.29, 0.717) is 5.56 Å². The first-order valence-corrected chi connectivity index (χ1v) is 6.35. The Hall–Kier alpha value is -2.54. The van der Waals surface area contributed by atoms with Gasteiger partial charge >= 0.3 is 0 Å². The molecule has 0 saturated heterocycles. The lowest BCUT2D eigenvalue weighted by atomic mass is 10.2. The molecule has 4 nitrogen and oxygen atoms in total. The first kappa shape index (κ1) is 13.9. The van der Waals surface area contributed by atoms with Gasteiger partial charge in [0.1, 0.15) is 11.6 Å². The first-order chi connectivity index (χ1) is 9.62. The van der Waals surface area contributed by atoms with Crippen molar-refractivity contribution in [3.8, 4) is 11.8 Å². The summed E-state index contributed by atoms with van der Waals surface area (Å²) in [6.07, 6.45) is 0. The first-order valence-electron chi connectivity index (χ1n) is 6.35. The van der Waals surface area contributed by atoms with Crippen molar-refractivity contribution in [2.24, 2.45) is 0 Å². The maximum Gasteiger partial charge on any atom is 0.130 e. The third-order valence-electron chi connectivity index (χ3n) is 3.04. The molecule has 0 aliphatic carbocycles. The Morgan fingerprint density at radius 3 is 2.55 bits per heavy atom. The molecule has 1 heterocycles. The van der Waals surface area contributed by atoms with Gasteiger partial charge in [0.25, 0.3) is 0 Å². The van der Waals surface area contributed by atoms with Crippen molar-refractivity contribution in [3.63, 3.8) is 0 Å². The number of methoxy groups -OCH3 is 1. The molecule has 0 aliphatic rings. The van der Waals surface area contributed by atoms with Gasteiger partial charge in [-0.15, -0.1) is 0 Å². The van der Waals surface area contributed by atoms with Gasteiger partial charge in [-0.2, -0.15) is 5.26 Å². The molecule has 0 bridgehead atoms. The average molecular weight is 267 g/mol. The zero-order chi connectivity index (χ0) is 14.5. The van der Waals surface area contributed by atoms with Crippen molar-refractivity contribution in [2.75, 3.05) is 19.1 Å². The van der Waals surface area contributed by atoms with Crippen LogP contribution in [0.2, 0.25) is 0 Å². The standard InChI is InChI=1S/C16H17N3O/c1-12-8-14(10-17)9-16(18-12)19(2)11-13-4-6-15(20-3)7-5-13/h4-9H,11H2,1-3H3. The van der Waals surface area contributed by atoms with Crippen LogP contribution in [0.5, 0.6) is 5.75 Å². The highest BCUT2D eigenvalue weighted by molar-refractivity contribution is 5.46. The number of aryl methyl sites for hydroxylation is 1. The van der Waals surface area contributed by atoms with Gasteiger partial charge in [-0.05, 0) is 36.8 Å². The van der Waals surface area contributed by atoms with Gasteiger partial charge in [0.2, 0.25) is 0 Å². The van der Waals surface area contributed by atoms with E-state index in [9.17, 15) is 0 Å². The van der Waals surface area contributed by atoms with Gasteiger partial charge in [-0.1, -0.05) is 12.1 Å². The van der Waals surface area contributed by atoms with E-state index in [4.69, 9.17) is 10.00 Å². The van der Waals surface area contributed by atoms with Crippen LogP contribution in [0.4, 0.5) is 5.82 Å². The Morgan fingerprint density at radius 1 is 1.25 bits per heavy atom. The number of anilines is 1. The molecular weight excluding hydrogens is 250 g/mol. The summed E-state index contributed by atoms with van der Waals surface area (Å²) >= 11 is 0. The molecule has 20 heavy (non-hydrogen) atoms. The Kier molecular flexibility index (Phi) is 4.21. The van der Waals surface area contributed by atoms with Crippen LogP contribution in [0.1, 0.15) is 16.8 Å². The number of hydrogen-bond acceptors (Lipinski definition) is 4. The second-order valence-electron chi connectivity index (χ2n) is 4.67. The van der Waals surface area contributed by atoms with Crippen LogP contribution in [0.3, 0.4) is 0 Å². The molecule has 102 valence electrons. The summed E-state index contributed by atoms with van der Waals surface area (Å²) in [7, 11) is 3.62. The zero-order valence-electron chi connectivity index (χ0n) is 11.9. The third kappa shape index (κ3) is 3.27.